The van der Waals surface area contributed by atoms with Gasteiger partial charge in [0.05, 0.1) is 0 Å². The van der Waals surface area contributed by atoms with Crippen LogP contribution in [-0.4, -0.2) is 29.8 Å². The Balaban J connectivity index is 1.81. The Morgan fingerprint density at radius 3 is 2.67 bits per heavy atom. The van der Waals surface area contributed by atoms with Crippen molar-refractivity contribution >= 4 is 17.5 Å². The normalized spacial score (nSPS) is 27.5. The fourth-order valence-electron chi connectivity index (χ4n) is 2.85. The summed E-state index contributed by atoms with van der Waals surface area (Å²) < 4.78 is 0. The maximum absolute atomic E-state index is 12.1. The number of likely N-dealkylation sites (tertiary alicyclic amines) is 1. The maximum Gasteiger partial charge on any atom is 0.225 e. The third-order valence-corrected chi connectivity index (χ3v) is 4.04. The van der Waals surface area contributed by atoms with Crippen molar-refractivity contribution in [3.63, 3.8) is 0 Å². The summed E-state index contributed by atoms with van der Waals surface area (Å²) in [4.78, 5) is 14.2. The first-order valence-corrected chi connectivity index (χ1v) is 6.69. The van der Waals surface area contributed by atoms with Crippen molar-refractivity contribution < 1.29 is 4.79 Å². The van der Waals surface area contributed by atoms with Gasteiger partial charge in [-0.2, -0.15) is 0 Å². The topological polar surface area (TPSA) is 20.3 Å². The highest BCUT2D eigenvalue weighted by atomic mass is 35.5. The van der Waals surface area contributed by atoms with E-state index in [9.17, 15) is 4.79 Å². The average Bonchev–Trinajstić information content (AvgIpc) is 2.87. The van der Waals surface area contributed by atoms with Crippen LogP contribution in [0.25, 0.3) is 0 Å². The van der Waals surface area contributed by atoms with Crippen molar-refractivity contribution in [1.82, 2.24) is 4.90 Å². The number of hydrogen-bond donors (Lipinski definition) is 0. The summed E-state index contributed by atoms with van der Waals surface area (Å²) in [6, 6.07) is 0. The molecule has 0 aromatic rings. The first-order chi connectivity index (χ1) is 7.31. The number of amides is 1. The van der Waals surface area contributed by atoms with Crippen LogP contribution in [0.4, 0.5) is 0 Å². The number of hydrogen-bond acceptors (Lipinski definition) is 1. The molecule has 0 spiro atoms. The molecule has 86 valence electrons. The lowest BCUT2D eigenvalue weighted by molar-refractivity contribution is -0.134. The van der Waals surface area contributed by atoms with E-state index in [1.54, 1.807) is 0 Å². The van der Waals surface area contributed by atoms with Gasteiger partial charge in [0.15, 0.2) is 0 Å². The smallest absolute Gasteiger partial charge is 0.225 e. The largest absolute Gasteiger partial charge is 0.342 e. The predicted molar refractivity (Wildman–Crippen MR) is 62.0 cm³/mol. The minimum atomic E-state index is 0.347. The van der Waals surface area contributed by atoms with Gasteiger partial charge in [-0.15, -0.1) is 11.6 Å². The number of halogens is 1. The number of carbonyl (C=O) groups is 1. The molecule has 0 radical (unpaired) electrons. The molecule has 2 aliphatic rings. The molecule has 0 aromatic carbocycles. The lowest BCUT2D eigenvalue weighted by Crippen LogP contribution is -2.33. The van der Waals surface area contributed by atoms with Crippen LogP contribution in [0.2, 0.25) is 0 Å². The highest BCUT2D eigenvalue weighted by Crippen LogP contribution is 2.29. The van der Waals surface area contributed by atoms with Crippen LogP contribution >= 0.6 is 11.6 Å². The molecule has 1 atom stereocenters. The average molecular weight is 230 g/mol. The van der Waals surface area contributed by atoms with Gasteiger partial charge in [0.25, 0.3) is 0 Å². The lowest BCUT2D eigenvalue weighted by Gasteiger charge is -2.20. The zero-order chi connectivity index (χ0) is 10.7. The molecule has 3 heteroatoms. The SMILES string of the molecule is O=C(C1CCCC1)N1CCC(CCCl)C1. The first-order valence-electron chi connectivity index (χ1n) is 6.16. The summed E-state index contributed by atoms with van der Waals surface area (Å²) in [5.74, 6) is 2.16. The Morgan fingerprint density at radius 2 is 2.00 bits per heavy atom. The maximum atomic E-state index is 12.1. The van der Waals surface area contributed by atoms with Gasteiger partial charge in [-0.05, 0) is 31.6 Å². The molecule has 0 N–H and O–H groups in total. The third-order valence-electron chi connectivity index (χ3n) is 3.82. The fraction of sp³-hybridized carbons (Fsp3) is 0.917. The molecule has 2 nitrogen and oxygen atoms in total. The molecule has 0 bridgehead atoms. The van der Waals surface area contributed by atoms with Crippen LogP contribution in [0.5, 0.6) is 0 Å². The monoisotopic (exact) mass is 229 g/mol. The van der Waals surface area contributed by atoms with Crippen molar-refractivity contribution in [2.24, 2.45) is 11.8 Å². The summed E-state index contributed by atoms with van der Waals surface area (Å²) in [7, 11) is 0. The van der Waals surface area contributed by atoms with Crippen LogP contribution < -0.4 is 0 Å². The van der Waals surface area contributed by atoms with Gasteiger partial charge in [0.2, 0.25) is 5.91 Å². The quantitative estimate of drug-likeness (QED) is 0.682. The number of carbonyl (C=O) groups excluding carboxylic acids is 1. The van der Waals surface area contributed by atoms with E-state index < -0.39 is 0 Å². The molecule has 0 aromatic heterocycles. The summed E-state index contributed by atoms with van der Waals surface area (Å²) in [5, 5.41) is 0. The summed E-state index contributed by atoms with van der Waals surface area (Å²) in [6.07, 6.45) is 6.96. The highest BCUT2D eigenvalue weighted by molar-refractivity contribution is 6.17. The van der Waals surface area contributed by atoms with Gasteiger partial charge in [0.1, 0.15) is 0 Å². The predicted octanol–water partition coefficient (Wildman–Crippen LogP) is 2.65. The molecule has 1 aliphatic carbocycles. The Bertz CT molecular complexity index is 226. The van der Waals surface area contributed by atoms with Crippen LogP contribution in [0.3, 0.4) is 0 Å². The molecule has 1 saturated heterocycles. The molecule has 1 heterocycles. The van der Waals surface area contributed by atoms with Crippen molar-refractivity contribution in [2.75, 3.05) is 19.0 Å². The standard InChI is InChI=1S/C12H20ClNO/c13-7-5-10-6-8-14(9-10)12(15)11-3-1-2-4-11/h10-11H,1-9H2. The molecule has 1 saturated carbocycles. The van der Waals surface area contributed by atoms with Crippen molar-refractivity contribution in [2.45, 2.75) is 38.5 Å². The zero-order valence-electron chi connectivity index (χ0n) is 9.25. The van der Waals surface area contributed by atoms with E-state index in [1.165, 1.54) is 12.8 Å². The van der Waals surface area contributed by atoms with E-state index in [-0.39, 0.29) is 0 Å². The lowest BCUT2D eigenvalue weighted by atomic mass is 10.1. The van der Waals surface area contributed by atoms with Gasteiger partial charge in [-0.1, -0.05) is 12.8 Å². The van der Waals surface area contributed by atoms with E-state index >= 15 is 0 Å². The third kappa shape index (κ3) is 2.66. The first kappa shape index (κ1) is 11.3. The van der Waals surface area contributed by atoms with Crippen LogP contribution in [0.15, 0.2) is 0 Å². The molecule has 1 unspecified atom stereocenters. The minimum absolute atomic E-state index is 0.347. The van der Waals surface area contributed by atoms with Gasteiger partial charge in [-0.25, -0.2) is 0 Å². The minimum Gasteiger partial charge on any atom is -0.342 e. The van der Waals surface area contributed by atoms with Crippen molar-refractivity contribution in [3.05, 3.63) is 0 Å². The summed E-state index contributed by atoms with van der Waals surface area (Å²) in [5.41, 5.74) is 0. The fourth-order valence-corrected chi connectivity index (χ4v) is 3.16. The summed E-state index contributed by atoms with van der Waals surface area (Å²) >= 11 is 5.73. The molecular formula is C12H20ClNO. The molecule has 2 rings (SSSR count). The van der Waals surface area contributed by atoms with Crippen LogP contribution in [-0.2, 0) is 4.79 Å². The van der Waals surface area contributed by atoms with Gasteiger partial charge >= 0.3 is 0 Å². The number of nitrogens with zero attached hydrogens (tertiary/aromatic N) is 1. The zero-order valence-corrected chi connectivity index (χ0v) is 10.0. The summed E-state index contributed by atoms with van der Waals surface area (Å²) in [6.45, 7) is 1.93. The van der Waals surface area contributed by atoms with E-state index in [4.69, 9.17) is 11.6 Å². The van der Waals surface area contributed by atoms with Gasteiger partial charge in [-0.3, -0.25) is 4.79 Å². The second-order valence-electron chi connectivity index (χ2n) is 4.90. The Morgan fingerprint density at radius 1 is 1.27 bits per heavy atom. The second-order valence-corrected chi connectivity index (χ2v) is 5.28. The number of alkyl halides is 1. The van der Waals surface area contributed by atoms with Crippen molar-refractivity contribution in [1.29, 1.82) is 0 Å². The molecule has 2 fully saturated rings. The van der Waals surface area contributed by atoms with E-state index in [0.29, 0.717) is 17.7 Å². The molecule has 1 aliphatic heterocycles. The Hall–Kier alpha value is -0.240. The Kier molecular flexibility index (Phi) is 3.90. The molecular weight excluding hydrogens is 210 g/mol. The van der Waals surface area contributed by atoms with E-state index in [1.807, 2.05) is 0 Å². The van der Waals surface area contributed by atoms with E-state index in [0.717, 1.165) is 44.7 Å². The van der Waals surface area contributed by atoms with Crippen molar-refractivity contribution in [3.8, 4) is 0 Å². The molecule has 15 heavy (non-hydrogen) atoms. The second kappa shape index (κ2) is 5.20. The number of rotatable bonds is 3. The van der Waals surface area contributed by atoms with Crippen LogP contribution in [0, 0.1) is 11.8 Å². The van der Waals surface area contributed by atoms with Gasteiger partial charge in [0, 0.05) is 24.9 Å². The van der Waals surface area contributed by atoms with Gasteiger partial charge < -0.3 is 4.90 Å². The highest BCUT2D eigenvalue weighted by Gasteiger charge is 2.31. The van der Waals surface area contributed by atoms with E-state index in [2.05, 4.69) is 4.90 Å². The Labute approximate surface area is 97.0 Å². The molecule has 1 amide bonds. The van der Waals surface area contributed by atoms with Crippen LogP contribution in [0.1, 0.15) is 38.5 Å².